The summed E-state index contributed by atoms with van der Waals surface area (Å²) in [6, 6.07) is 6.34. The average molecular weight is 875 g/mol. The van der Waals surface area contributed by atoms with E-state index in [9.17, 15) is 9.90 Å². The van der Waals surface area contributed by atoms with Crippen molar-refractivity contribution in [2.45, 2.75) is 12.5 Å². The third kappa shape index (κ3) is 9.95. The van der Waals surface area contributed by atoms with Gasteiger partial charge in [-0.25, -0.2) is 0 Å². The second kappa shape index (κ2) is 11.8. The van der Waals surface area contributed by atoms with Gasteiger partial charge in [0.1, 0.15) is 17.5 Å². The van der Waals surface area contributed by atoms with Crippen LogP contribution in [0.3, 0.4) is 0 Å². The van der Waals surface area contributed by atoms with Crippen LogP contribution in [-0.2, 0) is 21.6 Å². The largest absolute Gasteiger partial charge is 0.506 e. The summed E-state index contributed by atoms with van der Waals surface area (Å²) in [6.07, 6.45) is 0.261. The Morgan fingerprint density at radius 2 is 1.41 bits per heavy atom. The molecule has 0 saturated carbocycles. The minimum absolute atomic E-state index is 0.242. The number of aromatic hydroxyl groups is 1. The zero-order chi connectivity index (χ0) is 22.5. The summed E-state index contributed by atoms with van der Waals surface area (Å²) in [5.41, 5.74) is 6.44. The Balaban J connectivity index is 0.000000749. The number of nitrogens with two attached hydrogens (primary N) is 1. The number of halogens is 4. The molecule has 1 unspecified atom stereocenters. The molecule has 0 saturated heterocycles. The maximum absolute atomic E-state index is 10.9. The van der Waals surface area contributed by atoms with Crippen molar-refractivity contribution in [3.05, 3.63) is 44.1 Å². The number of phenolic OH excluding ortho intramolecular Hbond substituents is 1. The van der Waals surface area contributed by atoms with Gasteiger partial charge in [-0.15, -0.1) is 0 Å². The zero-order valence-corrected chi connectivity index (χ0v) is 23.5. The summed E-state index contributed by atoms with van der Waals surface area (Å²) < 4.78 is 40.7. The van der Waals surface area contributed by atoms with Crippen molar-refractivity contribution in [3.63, 3.8) is 0 Å². The Labute approximate surface area is 220 Å². The van der Waals surface area contributed by atoms with Gasteiger partial charge >= 0.3 is 16.4 Å². The first kappa shape index (κ1) is 27.3. The van der Waals surface area contributed by atoms with E-state index in [-0.39, 0.29) is 12.2 Å². The first-order valence-electron chi connectivity index (χ1n) is 7.21. The van der Waals surface area contributed by atoms with Crippen molar-refractivity contribution in [1.82, 2.24) is 0 Å². The van der Waals surface area contributed by atoms with Crippen LogP contribution in [0.2, 0.25) is 0 Å². The van der Waals surface area contributed by atoms with E-state index in [1.165, 1.54) is 0 Å². The van der Waals surface area contributed by atoms with E-state index in [4.69, 9.17) is 33.1 Å². The van der Waals surface area contributed by atoms with Gasteiger partial charge in [-0.1, -0.05) is 0 Å². The van der Waals surface area contributed by atoms with Gasteiger partial charge < -0.3 is 20.7 Å². The van der Waals surface area contributed by atoms with E-state index in [0.717, 1.165) is 12.7 Å². The van der Waals surface area contributed by atoms with Crippen molar-refractivity contribution >= 4 is 107 Å². The lowest BCUT2D eigenvalue weighted by atomic mass is 10.1. The molecule has 2 aromatic rings. The van der Waals surface area contributed by atoms with Crippen LogP contribution in [0.4, 0.5) is 0 Å². The Kier molecular flexibility index (Phi) is 11.1. The fourth-order valence-electron chi connectivity index (χ4n) is 1.89. The van der Waals surface area contributed by atoms with Gasteiger partial charge in [0.25, 0.3) is 0 Å². The van der Waals surface area contributed by atoms with Crippen LogP contribution in [0.15, 0.2) is 24.3 Å². The highest BCUT2D eigenvalue weighted by Crippen LogP contribution is 2.36. The Morgan fingerprint density at radius 1 is 1.00 bits per heavy atom. The molecule has 0 fully saturated rings. The summed E-state index contributed by atoms with van der Waals surface area (Å²) in [7, 11) is -4.67. The first-order valence-corrected chi connectivity index (χ1v) is 12.9. The molecule has 0 bridgehead atoms. The third-order valence-electron chi connectivity index (χ3n) is 3.04. The molecule has 6 N–H and O–H groups in total. The summed E-state index contributed by atoms with van der Waals surface area (Å²) >= 11 is 8.42. The highest BCUT2D eigenvalue weighted by atomic mass is 127. The van der Waals surface area contributed by atoms with Crippen molar-refractivity contribution < 1.29 is 37.3 Å². The maximum Gasteiger partial charge on any atom is 0.394 e. The summed E-state index contributed by atoms with van der Waals surface area (Å²) in [6.45, 7) is 0. The molecule has 0 aliphatic heterocycles. The first-order chi connectivity index (χ1) is 13.2. The van der Waals surface area contributed by atoms with Crippen molar-refractivity contribution in [2.75, 3.05) is 0 Å². The number of hydrogen-bond acceptors (Lipinski definition) is 6. The van der Waals surface area contributed by atoms with Crippen LogP contribution in [-0.4, -0.2) is 39.7 Å². The molecule has 9 nitrogen and oxygen atoms in total. The number of carbonyl (C=O) groups is 1. The van der Waals surface area contributed by atoms with E-state index in [0.29, 0.717) is 18.6 Å². The molecule has 0 aliphatic rings. The molecular weight excluding hydrogens is 862 g/mol. The number of carboxylic acid groups (broad SMARTS) is 1. The summed E-state index contributed by atoms with van der Waals surface area (Å²) in [5, 5.41) is 18.8. The molecule has 1 atom stereocenters. The van der Waals surface area contributed by atoms with Gasteiger partial charge in [0.05, 0.1) is 14.3 Å². The van der Waals surface area contributed by atoms with E-state index in [1.807, 2.05) is 12.1 Å². The van der Waals surface area contributed by atoms with Crippen LogP contribution in [0.5, 0.6) is 17.2 Å². The number of rotatable bonds is 5. The van der Waals surface area contributed by atoms with E-state index >= 15 is 0 Å². The summed E-state index contributed by atoms with van der Waals surface area (Å²) in [5.74, 6) is 0.549. The van der Waals surface area contributed by atoms with E-state index in [2.05, 4.69) is 90.4 Å². The molecule has 14 heteroatoms. The van der Waals surface area contributed by atoms with Gasteiger partial charge in [-0.3, -0.25) is 13.9 Å². The maximum atomic E-state index is 10.9. The van der Waals surface area contributed by atoms with Crippen LogP contribution in [0.1, 0.15) is 5.56 Å². The van der Waals surface area contributed by atoms with E-state index in [1.54, 1.807) is 12.1 Å². The second-order valence-corrected chi connectivity index (χ2v) is 10.9. The SMILES string of the molecule is NC(Cc1cc(I)c(Oc2cc(I)c(O)c(I)c2)c(I)c1)C(=O)O.O=S(=O)(O)O. The fraction of sp³-hybridized carbons (Fsp3) is 0.133. The monoisotopic (exact) mass is 875 g/mol. The van der Waals surface area contributed by atoms with Gasteiger partial charge in [-0.05, 0) is 127 Å². The van der Waals surface area contributed by atoms with Crippen LogP contribution < -0.4 is 10.5 Å². The number of phenols is 1. The number of ether oxygens (including phenoxy) is 1. The predicted molar refractivity (Wildman–Crippen MR) is 139 cm³/mol. The predicted octanol–water partition coefficient (Wildman–Crippen LogP) is 3.90. The second-order valence-electron chi connectivity index (χ2n) is 5.32. The van der Waals surface area contributed by atoms with Crippen LogP contribution in [0.25, 0.3) is 0 Å². The Morgan fingerprint density at radius 3 is 1.79 bits per heavy atom. The van der Waals surface area contributed by atoms with Crippen LogP contribution >= 0.6 is 90.4 Å². The molecule has 0 spiro atoms. The molecule has 2 rings (SSSR count). The molecule has 0 aliphatic carbocycles. The van der Waals surface area contributed by atoms with Gasteiger partial charge in [0.2, 0.25) is 0 Å². The molecule has 0 aromatic heterocycles. The van der Waals surface area contributed by atoms with Gasteiger partial charge in [0, 0.05) is 0 Å². The number of hydrogen-bond donors (Lipinski definition) is 5. The molecule has 0 radical (unpaired) electrons. The van der Waals surface area contributed by atoms with Crippen LogP contribution in [0, 0.1) is 14.3 Å². The normalized spacial score (nSPS) is 12.0. The third-order valence-corrected chi connectivity index (χ3v) is 6.29. The summed E-state index contributed by atoms with van der Waals surface area (Å²) in [4.78, 5) is 10.9. The number of carboxylic acids is 1. The lowest BCUT2D eigenvalue weighted by Gasteiger charge is -2.14. The zero-order valence-electron chi connectivity index (χ0n) is 14.0. The molecule has 160 valence electrons. The fourth-order valence-corrected chi connectivity index (χ4v) is 5.72. The van der Waals surface area contributed by atoms with Crippen molar-refractivity contribution in [1.29, 1.82) is 0 Å². The minimum Gasteiger partial charge on any atom is -0.506 e. The Hall–Kier alpha value is 0.260. The van der Waals surface area contributed by atoms with Gasteiger partial charge in [0.15, 0.2) is 5.75 Å². The number of benzene rings is 2. The molecular formula is C15H13I4NO8S. The minimum atomic E-state index is -4.67. The molecule has 0 heterocycles. The lowest BCUT2D eigenvalue weighted by molar-refractivity contribution is -0.138. The molecule has 2 aromatic carbocycles. The highest BCUT2D eigenvalue weighted by Gasteiger charge is 2.16. The topological polar surface area (TPSA) is 167 Å². The quantitative estimate of drug-likeness (QED) is 0.221. The number of aliphatic carboxylic acids is 1. The average Bonchev–Trinajstić information content (AvgIpc) is 2.54. The molecule has 0 amide bonds. The Bertz CT molecular complexity index is 961. The standard InChI is InChI=1S/C15H11I4NO4.H2O4S/c16-8-4-7(5-9(17)13(8)21)24-14-10(18)1-6(2-11(14)19)3-12(20)15(22)23;1-5(2,3)4/h1-2,4-5,12,21H,3,20H2,(H,22,23);(H2,1,2,3,4). The smallest absolute Gasteiger partial charge is 0.394 e. The lowest BCUT2D eigenvalue weighted by Crippen LogP contribution is -2.32. The van der Waals surface area contributed by atoms with E-state index < -0.39 is 22.4 Å². The van der Waals surface area contributed by atoms with Crippen molar-refractivity contribution in [3.8, 4) is 17.2 Å². The molecule has 29 heavy (non-hydrogen) atoms. The highest BCUT2D eigenvalue weighted by molar-refractivity contribution is 14.1. The van der Waals surface area contributed by atoms with Crippen molar-refractivity contribution in [2.24, 2.45) is 5.73 Å². The van der Waals surface area contributed by atoms with Gasteiger partial charge in [-0.2, -0.15) is 8.42 Å².